The zero-order chi connectivity index (χ0) is 26.9. The normalized spacial score (nSPS) is 14.9. The third-order valence-electron chi connectivity index (χ3n) is 6.15. The first-order chi connectivity index (χ1) is 16.0. The molecule has 1 aliphatic heterocycles. The van der Waals surface area contributed by atoms with Crippen LogP contribution >= 0.6 is 0 Å². The summed E-state index contributed by atoms with van der Waals surface area (Å²) in [5.74, 6) is -0.671. The van der Waals surface area contributed by atoms with Gasteiger partial charge >= 0.3 is 0 Å². The Hall–Kier alpha value is -2.42. The Morgan fingerprint density at radius 1 is 0.914 bits per heavy atom. The van der Waals surface area contributed by atoms with Crippen molar-refractivity contribution >= 4 is 17.7 Å². The summed E-state index contributed by atoms with van der Waals surface area (Å²) in [6, 6.07) is 0. The lowest BCUT2D eigenvalue weighted by Gasteiger charge is -2.35. The van der Waals surface area contributed by atoms with E-state index in [9.17, 15) is 14.4 Å². The van der Waals surface area contributed by atoms with Crippen LogP contribution in [0.3, 0.4) is 0 Å². The first-order valence-corrected chi connectivity index (χ1v) is 12.2. The second kappa shape index (κ2) is 12.5. The molecule has 0 bridgehead atoms. The number of hydrogen-bond acceptors (Lipinski definition) is 6. The van der Waals surface area contributed by atoms with Gasteiger partial charge in [0.15, 0.2) is 0 Å². The van der Waals surface area contributed by atoms with Crippen molar-refractivity contribution in [1.82, 2.24) is 10.2 Å². The molecule has 0 unspecified atom stereocenters. The molecule has 1 heterocycles. The molecule has 0 fully saturated rings. The Kier molecular flexibility index (Phi) is 10.9. The first kappa shape index (κ1) is 30.6. The molecular formula is C25H43N5O5. The van der Waals surface area contributed by atoms with Gasteiger partial charge < -0.3 is 14.8 Å². The molecule has 0 radical (unpaired) electrons. The van der Waals surface area contributed by atoms with Crippen molar-refractivity contribution in [3.63, 3.8) is 0 Å². The molecule has 10 heteroatoms. The van der Waals surface area contributed by atoms with Crippen molar-refractivity contribution in [2.24, 2.45) is 5.11 Å². The highest BCUT2D eigenvalue weighted by Crippen LogP contribution is 2.25. The highest BCUT2D eigenvalue weighted by atomic mass is 16.5. The van der Waals surface area contributed by atoms with E-state index in [1.165, 1.54) is 17.1 Å². The third kappa shape index (κ3) is 11.2. The van der Waals surface area contributed by atoms with E-state index in [1.807, 2.05) is 55.4 Å². The van der Waals surface area contributed by atoms with Gasteiger partial charge in [-0.25, -0.2) is 0 Å². The first-order valence-electron chi connectivity index (χ1n) is 12.2. The molecule has 0 atom stereocenters. The molecule has 1 rings (SSSR count). The number of carbonyl (C=O) groups excluding carboxylic acids is 3. The fourth-order valence-electron chi connectivity index (χ4n) is 3.69. The van der Waals surface area contributed by atoms with Gasteiger partial charge in [-0.1, -0.05) is 5.11 Å². The van der Waals surface area contributed by atoms with Gasteiger partial charge in [0.1, 0.15) is 0 Å². The maximum Gasteiger partial charge on any atom is 0.254 e. The minimum absolute atomic E-state index is 0.0612. The van der Waals surface area contributed by atoms with Crippen LogP contribution in [0.2, 0.25) is 0 Å². The maximum absolute atomic E-state index is 12.6. The summed E-state index contributed by atoms with van der Waals surface area (Å²) in [6.45, 7) is 16.6. The number of hydrogen-bond donors (Lipinski definition) is 1. The number of ether oxygens (including phenoxy) is 2. The van der Waals surface area contributed by atoms with E-state index in [4.69, 9.17) is 15.0 Å². The largest absolute Gasteiger partial charge is 0.375 e. The molecule has 0 spiro atoms. The zero-order valence-electron chi connectivity index (χ0n) is 22.6. The minimum Gasteiger partial charge on any atom is -0.375 e. The third-order valence-corrected chi connectivity index (χ3v) is 6.15. The van der Waals surface area contributed by atoms with Crippen molar-refractivity contribution in [1.29, 1.82) is 0 Å². The van der Waals surface area contributed by atoms with Gasteiger partial charge in [-0.2, -0.15) is 0 Å². The number of nitrogens with one attached hydrogen (secondary N) is 1. The molecule has 35 heavy (non-hydrogen) atoms. The van der Waals surface area contributed by atoms with Crippen LogP contribution in [0.1, 0.15) is 87.5 Å². The van der Waals surface area contributed by atoms with Crippen LogP contribution in [-0.4, -0.2) is 64.7 Å². The zero-order valence-corrected chi connectivity index (χ0v) is 22.6. The van der Waals surface area contributed by atoms with Gasteiger partial charge in [0.2, 0.25) is 5.91 Å². The second-order valence-electron chi connectivity index (χ2n) is 11.5. The van der Waals surface area contributed by atoms with Crippen LogP contribution in [0.4, 0.5) is 0 Å². The number of amides is 3. The maximum atomic E-state index is 12.6. The fourth-order valence-corrected chi connectivity index (χ4v) is 3.69. The van der Waals surface area contributed by atoms with Crippen LogP contribution in [0.25, 0.3) is 10.4 Å². The molecule has 0 aromatic heterocycles. The van der Waals surface area contributed by atoms with Crippen LogP contribution in [0, 0.1) is 0 Å². The van der Waals surface area contributed by atoms with Crippen LogP contribution in [0.5, 0.6) is 0 Å². The quantitative estimate of drug-likeness (QED) is 0.147. The molecule has 0 saturated carbocycles. The lowest BCUT2D eigenvalue weighted by Crippen LogP contribution is -2.48. The Morgan fingerprint density at radius 2 is 1.43 bits per heavy atom. The van der Waals surface area contributed by atoms with Gasteiger partial charge in [-0.3, -0.25) is 19.3 Å². The average molecular weight is 494 g/mol. The van der Waals surface area contributed by atoms with E-state index < -0.39 is 22.3 Å². The van der Waals surface area contributed by atoms with E-state index in [2.05, 4.69) is 15.3 Å². The molecule has 1 aliphatic rings. The topological polar surface area (TPSA) is 134 Å². The average Bonchev–Trinajstić information content (AvgIpc) is 3.04. The van der Waals surface area contributed by atoms with E-state index in [-0.39, 0.29) is 17.7 Å². The summed E-state index contributed by atoms with van der Waals surface area (Å²) in [7, 11) is 0. The summed E-state index contributed by atoms with van der Waals surface area (Å²) < 4.78 is 11.9. The van der Waals surface area contributed by atoms with Crippen LogP contribution in [-0.2, 0) is 23.9 Å². The summed E-state index contributed by atoms with van der Waals surface area (Å²) in [5, 5.41) is 6.61. The predicted octanol–water partition coefficient (Wildman–Crippen LogP) is 4.44. The standard InChI is InChI=1S/C25H43N5O5/c1-22(2,14-17-34-25(7,8)13-16-27-29-26)28-19(31)11-12-24(5,6)35-18-15-23(3,4)30-20(32)9-10-21(30)33/h9-10H,11-18H2,1-8H3,(H,28,31). The lowest BCUT2D eigenvalue weighted by molar-refractivity contribution is -0.144. The van der Waals surface area contributed by atoms with Gasteiger partial charge in [0, 0.05) is 54.3 Å². The van der Waals surface area contributed by atoms with Crippen LogP contribution in [0.15, 0.2) is 17.3 Å². The lowest BCUT2D eigenvalue weighted by atomic mass is 9.97. The molecule has 0 saturated heterocycles. The summed E-state index contributed by atoms with van der Waals surface area (Å²) in [4.78, 5) is 40.5. The van der Waals surface area contributed by atoms with Crippen molar-refractivity contribution in [3.8, 4) is 0 Å². The van der Waals surface area contributed by atoms with Gasteiger partial charge in [0.05, 0.1) is 11.2 Å². The van der Waals surface area contributed by atoms with E-state index in [0.717, 1.165) is 0 Å². The SMILES string of the molecule is CC(C)(CCOC(C)(C)CCN=[N+]=[N-])NC(=O)CCC(C)(C)OCCC(C)(C)N1C(=O)C=CC1=O. The monoisotopic (exact) mass is 493 g/mol. The van der Waals surface area contributed by atoms with Gasteiger partial charge in [0.25, 0.3) is 11.8 Å². The van der Waals surface area contributed by atoms with Crippen molar-refractivity contribution in [2.75, 3.05) is 19.8 Å². The number of rotatable bonds is 16. The van der Waals surface area contributed by atoms with Crippen molar-refractivity contribution in [3.05, 3.63) is 22.6 Å². The Balaban J connectivity index is 2.40. The summed E-state index contributed by atoms with van der Waals surface area (Å²) in [5.41, 5.74) is 6.37. The molecular weight excluding hydrogens is 450 g/mol. The summed E-state index contributed by atoms with van der Waals surface area (Å²) in [6.07, 6.45) is 5.17. The molecule has 0 aromatic rings. The molecule has 0 aliphatic carbocycles. The Morgan fingerprint density at radius 3 is 1.97 bits per heavy atom. The van der Waals surface area contributed by atoms with E-state index >= 15 is 0 Å². The highest BCUT2D eigenvalue weighted by molar-refractivity contribution is 6.13. The number of nitrogens with zero attached hydrogens (tertiary/aromatic N) is 4. The van der Waals surface area contributed by atoms with Gasteiger partial charge in [-0.05, 0) is 86.6 Å². The smallest absolute Gasteiger partial charge is 0.254 e. The Labute approximate surface area is 209 Å². The van der Waals surface area contributed by atoms with Gasteiger partial charge in [-0.15, -0.1) is 0 Å². The van der Waals surface area contributed by atoms with Crippen LogP contribution < -0.4 is 5.32 Å². The number of azide groups is 1. The molecule has 198 valence electrons. The number of carbonyl (C=O) groups is 3. The van der Waals surface area contributed by atoms with Crippen molar-refractivity contribution in [2.45, 2.75) is 110 Å². The second-order valence-corrected chi connectivity index (χ2v) is 11.5. The Bertz CT molecular complexity index is 823. The fraction of sp³-hybridized carbons (Fsp3) is 0.800. The van der Waals surface area contributed by atoms with E-state index in [1.54, 1.807) is 0 Å². The van der Waals surface area contributed by atoms with Crippen molar-refractivity contribution < 1.29 is 23.9 Å². The molecule has 3 amide bonds. The molecule has 0 aromatic carbocycles. The summed E-state index contributed by atoms with van der Waals surface area (Å²) >= 11 is 0. The highest BCUT2D eigenvalue weighted by Gasteiger charge is 2.37. The predicted molar refractivity (Wildman–Crippen MR) is 134 cm³/mol. The minimum atomic E-state index is -0.658. The number of imide groups is 1. The van der Waals surface area contributed by atoms with E-state index in [0.29, 0.717) is 51.9 Å². The molecule has 10 nitrogen and oxygen atoms in total. The molecule has 1 N–H and O–H groups in total.